The smallest absolute Gasteiger partial charge is 0.0247 e. The molecule has 0 aromatic carbocycles. The van der Waals surface area contributed by atoms with Gasteiger partial charge in [-0.2, -0.15) is 0 Å². The lowest BCUT2D eigenvalue weighted by Crippen LogP contribution is -2.50. The fourth-order valence-electron chi connectivity index (χ4n) is 2.59. The SMILES string of the molecule is CC(C)C(C)N(C)C1CCCCCC1N. The Bertz CT molecular complexity index is 179. The van der Waals surface area contributed by atoms with E-state index in [-0.39, 0.29) is 0 Å². The van der Waals surface area contributed by atoms with Crippen molar-refractivity contribution >= 4 is 0 Å². The summed E-state index contributed by atoms with van der Waals surface area (Å²) in [5.41, 5.74) is 6.28. The first-order chi connectivity index (χ1) is 7.04. The van der Waals surface area contributed by atoms with E-state index >= 15 is 0 Å². The fraction of sp³-hybridized carbons (Fsp3) is 1.00. The van der Waals surface area contributed by atoms with Gasteiger partial charge in [-0.3, -0.25) is 4.90 Å². The first kappa shape index (κ1) is 13.0. The average Bonchev–Trinajstić information content (AvgIpc) is 2.40. The van der Waals surface area contributed by atoms with E-state index in [1.165, 1.54) is 32.1 Å². The van der Waals surface area contributed by atoms with Gasteiger partial charge in [0.05, 0.1) is 0 Å². The van der Waals surface area contributed by atoms with Crippen molar-refractivity contribution in [3.63, 3.8) is 0 Å². The molecule has 90 valence electrons. The van der Waals surface area contributed by atoms with Gasteiger partial charge in [-0.05, 0) is 32.7 Å². The molecule has 0 aliphatic heterocycles. The van der Waals surface area contributed by atoms with Crippen molar-refractivity contribution in [2.24, 2.45) is 11.7 Å². The second kappa shape index (κ2) is 5.86. The summed E-state index contributed by atoms with van der Waals surface area (Å²) < 4.78 is 0. The lowest BCUT2D eigenvalue weighted by molar-refractivity contribution is 0.123. The molecule has 2 heteroatoms. The highest BCUT2D eigenvalue weighted by molar-refractivity contribution is 4.86. The summed E-state index contributed by atoms with van der Waals surface area (Å²) in [7, 11) is 2.25. The molecule has 0 aromatic heterocycles. The molecule has 15 heavy (non-hydrogen) atoms. The van der Waals surface area contributed by atoms with Crippen LogP contribution in [0.15, 0.2) is 0 Å². The number of nitrogens with two attached hydrogens (primary N) is 1. The Morgan fingerprint density at radius 2 is 1.67 bits per heavy atom. The minimum Gasteiger partial charge on any atom is -0.326 e. The first-order valence-electron chi connectivity index (χ1n) is 6.51. The van der Waals surface area contributed by atoms with Gasteiger partial charge in [-0.25, -0.2) is 0 Å². The van der Waals surface area contributed by atoms with Crippen molar-refractivity contribution in [1.29, 1.82) is 0 Å². The molecule has 3 atom stereocenters. The van der Waals surface area contributed by atoms with Crippen LogP contribution in [0.5, 0.6) is 0 Å². The molecule has 2 N–H and O–H groups in total. The van der Waals surface area contributed by atoms with Gasteiger partial charge in [0, 0.05) is 18.1 Å². The van der Waals surface area contributed by atoms with E-state index in [9.17, 15) is 0 Å². The molecule has 2 nitrogen and oxygen atoms in total. The highest BCUT2D eigenvalue weighted by atomic mass is 15.2. The van der Waals surface area contributed by atoms with Crippen LogP contribution in [0, 0.1) is 5.92 Å². The number of hydrogen-bond acceptors (Lipinski definition) is 2. The molecule has 0 spiro atoms. The minimum absolute atomic E-state index is 0.388. The molecule has 0 amide bonds. The topological polar surface area (TPSA) is 29.3 Å². The van der Waals surface area contributed by atoms with Crippen LogP contribution in [0.1, 0.15) is 52.9 Å². The van der Waals surface area contributed by atoms with E-state index in [1.54, 1.807) is 0 Å². The maximum atomic E-state index is 6.28. The van der Waals surface area contributed by atoms with Gasteiger partial charge in [0.2, 0.25) is 0 Å². The van der Waals surface area contributed by atoms with Crippen molar-refractivity contribution in [1.82, 2.24) is 4.90 Å². The molecule has 0 bridgehead atoms. The zero-order valence-electron chi connectivity index (χ0n) is 10.9. The third-order valence-electron chi connectivity index (χ3n) is 4.16. The number of likely N-dealkylation sites (N-methyl/N-ethyl adjacent to an activating group) is 1. The van der Waals surface area contributed by atoms with Gasteiger partial charge < -0.3 is 5.73 Å². The van der Waals surface area contributed by atoms with E-state index in [1.807, 2.05) is 0 Å². The Kier molecular flexibility index (Phi) is 5.07. The van der Waals surface area contributed by atoms with Crippen molar-refractivity contribution in [3.05, 3.63) is 0 Å². The van der Waals surface area contributed by atoms with E-state index in [0.29, 0.717) is 24.0 Å². The quantitative estimate of drug-likeness (QED) is 0.729. The van der Waals surface area contributed by atoms with Crippen LogP contribution in [-0.2, 0) is 0 Å². The Morgan fingerprint density at radius 3 is 2.27 bits per heavy atom. The first-order valence-corrected chi connectivity index (χ1v) is 6.51. The normalized spacial score (nSPS) is 30.6. The predicted octanol–water partition coefficient (Wildman–Crippen LogP) is 2.62. The van der Waals surface area contributed by atoms with Gasteiger partial charge in [-0.15, -0.1) is 0 Å². The molecular weight excluding hydrogens is 184 g/mol. The molecule has 1 aliphatic carbocycles. The molecule has 1 aliphatic rings. The third-order valence-corrected chi connectivity index (χ3v) is 4.16. The monoisotopic (exact) mass is 212 g/mol. The third kappa shape index (κ3) is 3.46. The largest absolute Gasteiger partial charge is 0.326 e. The Balaban J connectivity index is 2.58. The molecule has 3 unspecified atom stereocenters. The maximum Gasteiger partial charge on any atom is 0.0247 e. The van der Waals surface area contributed by atoms with Crippen LogP contribution in [0.25, 0.3) is 0 Å². The molecule has 1 fully saturated rings. The highest BCUT2D eigenvalue weighted by Crippen LogP contribution is 2.23. The molecule has 0 heterocycles. The van der Waals surface area contributed by atoms with E-state index < -0.39 is 0 Å². The zero-order chi connectivity index (χ0) is 11.4. The average molecular weight is 212 g/mol. The molecule has 0 aromatic rings. The van der Waals surface area contributed by atoms with Crippen LogP contribution >= 0.6 is 0 Å². The van der Waals surface area contributed by atoms with E-state index in [2.05, 4.69) is 32.7 Å². The van der Waals surface area contributed by atoms with Gasteiger partial charge in [-0.1, -0.05) is 33.1 Å². The fourth-order valence-corrected chi connectivity index (χ4v) is 2.59. The van der Waals surface area contributed by atoms with Crippen LogP contribution in [-0.4, -0.2) is 30.1 Å². The summed E-state index contributed by atoms with van der Waals surface area (Å²) in [6.07, 6.45) is 6.54. The standard InChI is InChI=1S/C13H28N2/c1-10(2)11(3)15(4)13-9-7-5-6-8-12(13)14/h10-13H,5-9,14H2,1-4H3. The van der Waals surface area contributed by atoms with Crippen LogP contribution in [0.3, 0.4) is 0 Å². The molecular formula is C13H28N2. The van der Waals surface area contributed by atoms with Gasteiger partial charge in [0.1, 0.15) is 0 Å². The summed E-state index contributed by atoms with van der Waals surface area (Å²) in [5.74, 6) is 0.713. The Hall–Kier alpha value is -0.0800. The maximum absolute atomic E-state index is 6.28. The number of rotatable bonds is 3. The number of hydrogen-bond donors (Lipinski definition) is 1. The van der Waals surface area contributed by atoms with Crippen molar-refractivity contribution in [3.8, 4) is 0 Å². The Labute approximate surface area is 95.2 Å². The van der Waals surface area contributed by atoms with E-state index in [4.69, 9.17) is 5.73 Å². The van der Waals surface area contributed by atoms with Gasteiger partial charge in [0.25, 0.3) is 0 Å². The summed E-state index contributed by atoms with van der Waals surface area (Å²) in [6, 6.07) is 1.63. The van der Waals surface area contributed by atoms with E-state index in [0.717, 1.165) is 0 Å². The second-order valence-electron chi connectivity index (χ2n) is 5.52. The molecule has 0 radical (unpaired) electrons. The lowest BCUT2D eigenvalue weighted by atomic mass is 9.97. The number of nitrogens with zero attached hydrogens (tertiary/aromatic N) is 1. The van der Waals surface area contributed by atoms with Gasteiger partial charge in [0.15, 0.2) is 0 Å². The van der Waals surface area contributed by atoms with Crippen LogP contribution in [0.2, 0.25) is 0 Å². The van der Waals surface area contributed by atoms with Crippen molar-refractivity contribution in [2.75, 3.05) is 7.05 Å². The van der Waals surface area contributed by atoms with Crippen LogP contribution < -0.4 is 5.73 Å². The second-order valence-corrected chi connectivity index (χ2v) is 5.52. The molecule has 0 saturated heterocycles. The van der Waals surface area contributed by atoms with Gasteiger partial charge >= 0.3 is 0 Å². The van der Waals surface area contributed by atoms with Crippen LogP contribution in [0.4, 0.5) is 0 Å². The molecule has 1 rings (SSSR count). The summed E-state index contributed by atoms with van der Waals surface area (Å²) in [5, 5.41) is 0. The zero-order valence-corrected chi connectivity index (χ0v) is 10.9. The highest BCUT2D eigenvalue weighted by Gasteiger charge is 2.27. The Morgan fingerprint density at radius 1 is 1.07 bits per heavy atom. The molecule has 1 saturated carbocycles. The summed E-state index contributed by atoms with van der Waals surface area (Å²) >= 11 is 0. The summed E-state index contributed by atoms with van der Waals surface area (Å²) in [4.78, 5) is 2.51. The minimum atomic E-state index is 0.388. The summed E-state index contributed by atoms with van der Waals surface area (Å²) in [6.45, 7) is 6.91. The predicted molar refractivity (Wildman–Crippen MR) is 66.9 cm³/mol. The van der Waals surface area contributed by atoms with Crippen molar-refractivity contribution in [2.45, 2.75) is 71.0 Å². The van der Waals surface area contributed by atoms with Crippen molar-refractivity contribution < 1.29 is 0 Å². The lowest BCUT2D eigenvalue weighted by Gasteiger charge is -2.37.